The lowest BCUT2D eigenvalue weighted by Crippen LogP contribution is -2.43. The van der Waals surface area contributed by atoms with Gasteiger partial charge in [-0.25, -0.2) is 9.37 Å². The molecular formula is C27H34FN5O2. The van der Waals surface area contributed by atoms with Gasteiger partial charge in [0.05, 0.1) is 31.4 Å². The number of anilines is 1. The maximum Gasteiger partial charge on any atom is 0.142 e. The summed E-state index contributed by atoms with van der Waals surface area (Å²) >= 11 is 0. The molecule has 186 valence electrons. The number of allylic oxidation sites excluding steroid dienone is 6. The van der Waals surface area contributed by atoms with Gasteiger partial charge in [-0.05, 0) is 50.3 Å². The summed E-state index contributed by atoms with van der Waals surface area (Å²) in [5.41, 5.74) is 2.89. The Bertz CT molecular complexity index is 1100. The zero-order chi connectivity index (χ0) is 25.0. The van der Waals surface area contributed by atoms with Gasteiger partial charge < -0.3 is 24.7 Å². The summed E-state index contributed by atoms with van der Waals surface area (Å²) < 4.78 is 25.6. The molecule has 2 heterocycles. The predicted octanol–water partition coefficient (Wildman–Crippen LogP) is 4.58. The summed E-state index contributed by atoms with van der Waals surface area (Å²) in [5, 5.41) is 6.33. The molecule has 0 radical (unpaired) electrons. The van der Waals surface area contributed by atoms with Gasteiger partial charge in [-0.1, -0.05) is 24.3 Å². The summed E-state index contributed by atoms with van der Waals surface area (Å²) in [5.74, 6) is 1.63. The average Bonchev–Trinajstić information content (AvgIpc) is 3.20. The number of hydrogen-bond acceptors (Lipinski definition) is 5. The van der Waals surface area contributed by atoms with Crippen LogP contribution in [0.25, 0.3) is 5.70 Å². The van der Waals surface area contributed by atoms with Gasteiger partial charge >= 0.3 is 0 Å². The van der Waals surface area contributed by atoms with Gasteiger partial charge in [0.2, 0.25) is 0 Å². The van der Waals surface area contributed by atoms with E-state index in [1.807, 2.05) is 36.8 Å². The van der Waals surface area contributed by atoms with Gasteiger partial charge in [-0.2, -0.15) is 0 Å². The molecular weight excluding hydrogens is 445 g/mol. The number of hydrogen-bond donors (Lipinski definition) is 2. The van der Waals surface area contributed by atoms with Crippen molar-refractivity contribution in [3.8, 4) is 0 Å². The third-order valence-corrected chi connectivity index (χ3v) is 5.36. The SMILES string of the molecule is CCNc1ccc(F)cc1.CN=C1NCCOC1C=CC1C=CC(OC)=C(n2cnc(C)c2)C=C1. The number of imidazole rings is 1. The Morgan fingerprint density at radius 1 is 1.26 bits per heavy atom. The molecule has 2 atom stereocenters. The molecule has 1 aromatic heterocycles. The van der Waals surface area contributed by atoms with Crippen molar-refractivity contribution in [2.24, 2.45) is 10.9 Å². The molecule has 1 fully saturated rings. The Kier molecular flexibility index (Phi) is 9.86. The number of halogens is 1. The molecule has 1 aliphatic heterocycles. The third-order valence-electron chi connectivity index (χ3n) is 5.36. The van der Waals surface area contributed by atoms with Crippen LogP contribution in [0.1, 0.15) is 12.6 Å². The molecule has 4 rings (SSSR count). The van der Waals surface area contributed by atoms with E-state index in [0.717, 1.165) is 41.8 Å². The van der Waals surface area contributed by atoms with Crippen molar-refractivity contribution < 1.29 is 13.9 Å². The molecule has 2 aromatic rings. The van der Waals surface area contributed by atoms with Crippen LogP contribution in [-0.2, 0) is 9.47 Å². The number of amidine groups is 1. The number of ether oxygens (including phenoxy) is 2. The monoisotopic (exact) mass is 479 g/mol. The second kappa shape index (κ2) is 13.3. The summed E-state index contributed by atoms with van der Waals surface area (Å²) in [6.45, 7) is 6.32. The van der Waals surface area contributed by atoms with Crippen LogP contribution in [-0.4, -0.2) is 55.3 Å². The Balaban J connectivity index is 0.000000287. The highest BCUT2D eigenvalue weighted by Crippen LogP contribution is 2.22. The fourth-order valence-electron chi connectivity index (χ4n) is 3.60. The van der Waals surface area contributed by atoms with Crippen LogP contribution in [0, 0.1) is 18.7 Å². The quantitative estimate of drug-likeness (QED) is 0.594. The van der Waals surface area contributed by atoms with Gasteiger partial charge in [0.25, 0.3) is 0 Å². The maximum atomic E-state index is 12.3. The highest BCUT2D eigenvalue weighted by molar-refractivity contribution is 5.88. The molecule has 0 spiro atoms. The number of rotatable bonds is 6. The van der Waals surface area contributed by atoms with E-state index in [2.05, 4.69) is 44.9 Å². The first-order valence-electron chi connectivity index (χ1n) is 11.7. The largest absolute Gasteiger partial charge is 0.495 e. The van der Waals surface area contributed by atoms with E-state index in [1.165, 1.54) is 12.1 Å². The molecule has 8 heteroatoms. The van der Waals surface area contributed by atoms with Gasteiger partial charge in [0, 0.05) is 37.9 Å². The number of aromatic nitrogens is 2. The van der Waals surface area contributed by atoms with E-state index in [9.17, 15) is 4.39 Å². The Morgan fingerprint density at radius 3 is 2.69 bits per heavy atom. The summed E-state index contributed by atoms with van der Waals surface area (Å²) in [4.78, 5) is 8.54. The van der Waals surface area contributed by atoms with E-state index < -0.39 is 0 Å². The lowest BCUT2D eigenvalue weighted by Gasteiger charge is -2.23. The van der Waals surface area contributed by atoms with Crippen LogP contribution in [0.5, 0.6) is 0 Å². The Morgan fingerprint density at radius 2 is 2.03 bits per heavy atom. The normalized spacial score (nSPS) is 20.9. The van der Waals surface area contributed by atoms with E-state index in [4.69, 9.17) is 9.47 Å². The molecule has 35 heavy (non-hydrogen) atoms. The van der Waals surface area contributed by atoms with E-state index in [1.54, 1.807) is 32.6 Å². The molecule has 2 unspecified atom stereocenters. The Labute approximate surface area is 206 Å². The van der Waals surface area contributed by atoms with Gasteiger partial charge in [-0.3, -0.25) is 4.99 Å². The summed E-state index contributed by atoms with van der Waals surface area (Å²) in [7, 11) is 3.45. The van der Waals surface area contributed by atoms with Crippen molar-refractivity contribution in [1.82, 2.24) is 14.9 Å². The number of nitrogens with zero attached hydrogens (tertiary/aromatic N) is 3. The van der Waals surface area contributed by atoms with Crippen LogP contribution in [0.15, 0.2) is 84.0 Å². The van der Waals surface area contributed by atoms with Gasteiger partial charge in [0.1, 0.15) is 23.5 Å². The molecule has 0 saturated carbocycles. The molecule has 1 aliphatic carbocycles. The molecule has 1 saturated heterocycles. The van der Waals surface area contributed by atoms with Crippen LogP contribution < -0.4 is 10.6 Å². The Hall–Kier alpha value is -3.65. The molecule has 1 aromatic carbocycles. The molecule has 0 bridgehead atoms. The van der Waals surface area contributed by atoms with Crippen molar-refractivity contribution in [2.45, 2.75) is 20.0 Å². The van der Waals surface area contributed by atoms with Crippen molar-refractivity contribution in [3.63, 3.8) is 0 Å². The number of methoxy groups -OCH3 is 1. The minimum absolute atomic E-state index is 0.116. The lowest BCUT2D eigenvalue weighted by atomic mass is 10.1. The zero-order valence-corrected chi connectivity index (χ0v) is 20.7. The first kappa shape index (κ1) is 26.0. The predicted molar refractivity (Wildman–Crippen MR) is 140 cm³/mol. The number of aliphatic imine (C=N–C) groups is 1. The number of aryl methyl sites for hydroxylation is 1. The second-order valence-corrected chi connectivity index (χ2v) is 7.92. The zero-order valence-electron chi connectivity index (χ0n) is 20.7. The van der Waals surface area contributed by atoms with E-state index in [0.29, 0.717) is 6.61 Å². The lowest BCUT2D eigenvalue weighted by molar-refractivity contribution is 0.113. The van der Waals surface area contributed by atoms with Crippen molar-refractivity contribution in [2.75, 3.05) is 39.2 Å². The summed E-state index contributed by atoms with van der Waals surface area (Å²) in [6, 6.07) is 6.33. The third kappa shape index (κ3) is 7.68. The molecule has 0 amide bonds. The standard InChI is InChI=1S/C19H24N4O2.C8H10FN/c1-14-12-23(13-22-14)16-7-4-15(5-8-17(16)24-3)6-9-18-19(20-2)21-10-11-25-18;1-2-10-8-5-3-7(9)4-6-8/h4-9,12-13,15,18H,10-11H2,1-3H3,(H,20,21);3-6,10H,2H2,1H3. The molecule has 2 aliphatic rings. The van der Waals surface area contributed by atoms with Crippen LogP contribution in [0.4, 0.5) is 10.1 Å². The van der Waals surface area contributed by atoms with Crippen molar-refractivity contribution >= 4 is 17.2 Å². The first-order chi connectivity index (χ1) is 17.0. The fourth-order valence-corrected chi connectivity index (χ4v) is 3.60. The molecule has 2 N–H and O–H groups in total. The topological polar surface area (TPSA) is 72.7 Å². The van der Waals surface area contributed by atoms with Crippen molar-refractivity contribution in [3.05, 3.63) is 90.5 Å². The maximum absolute atomic E-state index is 12.3. The minimum atomic E-state index is -0.193. The highest BCUT2D eigenvalue weighted by Gasteiger charge is 2.17. The number of nitrogens with one attached hydrogen (secondary N) is 2. The smallest absolute Gasteiger partial charge is 0.142 e. The van der Waals surface area contributed by atoms with Crippen LogP contribution in [0.3, 0.4) is 0 Å². The van der Waals surface area contributed by atoms with E-state index >= 15 is 0 Å². The molecule has 7 nitrogen and oxygen atoms in total. The van der Waals surface area contributed by atoms with Crippen molar-refractivity contribution in [1.29, 1.82) is 0 Å². The van der Waals surface area contributed by atoms with Crippen LogP contribution in [0.2, 0.25) is 0 Å². The number of morpholine rings is 1. The highest BCUT2D eigenvalue weighted by atomic mass is 19.1. The summed E-state index contributed by atoms with van der Waals surface area (Å²) in [6.07, 6.45) is 16.1. The number of benzene rings is 1. The van der Waals surface area contributed by atoms with Gasteiger partial charge in [0.15, 0.2) is 0 Å². The first-order valence-corrected chi connectivity index (χ1v) is 11.7. The van der Waals surface area contributed by atoms with E-state index in [-0.39, 0.29) is 17.8 Å². The fraction of sp³-hybridized carbons (Fsp3) is 0.333. The minimum Gasteiger partial charge on any atom is -0.495 e. The second-order valence-electron chi connectivity index (χ2n) is 7.92. The van der Waals surface area contributed by atoms with Gasteiger partial charge in [-0.15, -0.1) is 0 Å². The average molecular weight is 480 g/mol. The van der Waals surface area contributed by atoms with Crippen LogP contribution >= 0.6 is 0 Å².